The minimum atomic E-state index is -4.36. The van der Waals surface area contributed by atoms with Crippen LogP contribution in [0.2, 0.25) is 5.15 Å². The Kier molecular flexibility index (Phi) is 7.76. The van der Waals surface area contributed by atoms with Crippen molar-refractivity contribution in [2.45, 2.75) is 31.1 Å². The van der Waals surface area contributed by atoms with Crippen molar-refractivity contribution in [3.05, 3.63) is 69.0 Å². The van der Waals surface area contributed by atoms with Crippen LogP contribution in [0.5, 0.6) is 0 Å². The highest BCUT2D eigenvalue weighted by molar-refractivity contribution is 7.83. The lowest BCUT2D eigenvalue weighted by molar-refractivity contribution is 0.104. The average molecular weight is 540 g/mol. The van der Waals surface area contributed by atoms with Crippen LogP contribution in [0.15, 0.2) is 42.2 Å². The first-order chi connectivity index (χ1) is 16.6. The lowest BCUT2D eigenvalue weighted by Crippen LogP contribution is -2.32. The van der Waals surface area contributed by atoms with E-state index in [4.69, 9.17) is 16.2 Å². The van der Waals surface area contributed by atoms with Crippen LogP contribution in [0.3, 0.4) is 0 Å². The third-order valence-electron chi connectivity index (χ3n) is 5.66. The minimum absolute atomic E-state index is 0.116. The van der Waals surface area contributed by atoms with Gasteiger partial charge in [-0.3, -0.25) is 9.35 Å². The summed E-state index contributed by atoms with van der Waals surface area (Å²) in [6, 6.07) is 6.20. The number of aliphatic hydroxyl groups excluding tert-OH is 2. The molecule has 1 aliphatic rings. The summed E-state index contributed by atoms with van der Waals surface area (Å²) in [6.45, 7) is -0.116. The first-order valence-corrected chi connectivity index (χ1v) is 13.2. The second-order valence-electron chi connectivity index (χ2n) is 8.11. The largest absolute Gasteiger partial charge is 0.393 e. The van der Waals surface area contributed by atoms with Gasteiger partial charge in [-0.05, 0) is 42.0 Å². The van der Waals surface area contributed by atoms with Crippen molar-refractivity contribution >= 4 is 44.8 Å². The molecule has 0 radical (unpaired) electrons. The third kappa shape index (κ3) is 6.38. The van der Waals surface area contributed by atoms with E-state index in [2.05, 4.69) is 20.3 Å². The minimum Gasteiger partial charge on any atom is -0.393 e. The number of pyridine rings is 1. The summed E-state index contributed by atoms with van der Waals surface area (Å²) >= 11 is 7.06. The second kappa shape index (κ2) is 10.6. The molecule has 1 saturated carbocycles. The van der Waals surface area contributed by atoms with Crippen molar-refractivity contribution in [1.29, 1.82) is 0 Å². The number of hydrogen-bond donors (Lipinski definition) is 5. The van der Waals surface area contributed by atoms with Crippen molar-refractivity contribution in [3.63, 3.8) is 0 Å². The van der Waals surface area contributed by atoms with E-state index in [1.807, 2.05) is 4.72 Å². The molecule has 11 nitrogen and oxygen atoms in total. The fourth-order valence-electron chi connectivity index (χ4n) is 3.95. The number of aromatic nitrogens is 3. The molecule has 35 heavy (non-hydrogen) atoms. The molecule has 4 rings (SSSR count). The predicted molar refractivity (Wildman–Crippen MR) is 129 cm³/mol. The summed E-state index contributed by atoms with van der Waals surface area (Å²) in [6.07, 6.45) is 1.51. The Bertz CT molecular complexity index is 1320. The fraction of sp³-hybridized carbons (Fsp3) is 0.333. The molecule has 4 atom stereocenters. The Morgan fingerprint density at radius 1 is 1.31 bits per heavy atom. The van der Waals surface area contributed by atoms with Gasteiger partial charge in [-0.15, -0.1) is 11.3 Å². The first kappa shape index (κ1) is 25.6. The summed E-state index contributed by atoms with van der Waals surface area (Å²) in [7, 11) is -4.36. The number of aliphatic hydroxyl groups is 2. The zero-order valence-electron chi connectivity index (χ0n) is 18.1. The van der Waals surface area contributed by atoms with Crippen LogP contribution in [-0.4, -0.2) is 62.6 Å². The number of hydrogen-bond acceptors (Lipinski definition) is 10. The van der Waals surface area contributed by atoms with Crippen molar-refractivity contribution in [2.24, 2.45) is 5.92 Å². The van der Waals surface area contributed by atoms with Crippen molar-refractivity contribution < 1.29 is 28.0 Å². The Hall–Kier alpha value is -2.52. The van der Waals surface area contributed by atoms with Crippen LogP contribution in [0.4, 0.5) is 5.82 Å². The maximum atomic E-state index is 13.2. The zero-order chi connectivity index (χ0) is 25.2. The number of carbonyl (C=O) groups excluding carboxylic acids is 1. The molecule has 0 unspecified atom stereocenters. The van der Waals surface area contributed by atoms with Gasteiger partial charge in [0, 0.05) is 24.7 Å². The number of thiophene rings is 1. The molecule has 0 aromatic carbocycles. The lowest BCUT2D eigenvalue weighted by atomic mass is 10.1. The van der Waals surface area contributed by atoms with Crippen LogP contribution in [0.1, 0.15) is 45.4 Å². The molecule has 1 aliphatic carbocycles. The molecule has 1 fully saturated rings. The highest BCUT2D eigenvalue weighted by Gasteiger charge is 2.34. The molecule has 14 heteroatoms. The normalized spacial score (nSPS) is 21.1. The molecule has 186 valence electrons. The van der Waals surface area contributed by atoms with E-state index in [0.717, 1.165) is 11.3 Å². The highest BCUT2D eigenvalue weighted by atomic mass is 35.5. The third-order valence-corrected chi connectivity index (χ3v) is 7.35. The van der Waals surface area contributed by atoms with Crippen molar-refractivity contribution in [2.75, 3.05) is 11.9 Å². The van der Waals surface area contributed by atoms with E-state index >= 15 is 0 Å². The number of carbonyl (C=O) groups is 1. The summed E-state index contributed by atoms with van der Waals surface area (Å²) in [5.41, 5.74) is 1.07. The second-order valence-corrected chi connectivity index (χ2v) is 10.6. The van der Waals surface area contributed by atoms with E-state index < -0.39 is 28.4 Å². The van der Waals surface area contributed by atoms with E-state index in [-0.39, 0.29) is 34.9 Å². The SMILES string of the molecule is O=C(c1cc([C@H](O)c2cccc(Cl)n2)cs1)c1cncnc1N[C@@H]1C[C@H](CNS(=O)(=O)O)[C@@H](O)C1. The number of nitrogens with one attached hydrogen (secondary N) is 2. The number of anilines is 1. The van der Waals surface area contributed by atoms with Gasteiger partial charge < -0.3 is 15.5 Å². The molecule has 0 saturated heterocycles. The molecule has 3 aromatic heterocycles. The summed E-state index contributed by atoms with van der Waals surface area (Å²) in [5, 5.41) is 25.9. The van der Waals surface area contributed by atoms with Gasteiger partial charge in [0.1, 0.15) is 23.4 Å². The molecule has 0 bridgehead atoms. The maximum Gasteiger partial charge on any atom is 0.333 e. The van der Waals surface area contributed by atoms with Crippen LogP contribution in [0.25, 0.3) is 0 Å². The Balaban J connectivity index is 1.47. The number of rotatable bonds is 9. The quantitative estimate of drug-likeness (QED) is 0.153. The first-order valence-electron chi connectivity index (χ1n) is 10.5. The highest BCUT2D eigenvalue weighted by Crippen LogP contribution is 2.31. The molecule has 3 aromatic rings. The molecule has 3 heterocycles. The smallest absolute Gasteiger partial charge is 0.333 e. The Morgan fingerprint density at radius 3 is 2.86 bits per heavy atom. The van der Waals surface area contributed by atoms with Crippen LogP contribution >= 0.6 is 22.9 Å². The standard InChI is InChI=1S/C21H22ClN5O6S2/c22-18-3-1-2-15(27-18)19(29)12-5-17(34-9-12)20(30)14-8-23-10-24-21(14)26-13-4-11(16(28)6-13)7-25-35(31,32)33/h1-3,5,8-11,13,16,19,25,28-29H,4,6-7H2,(H,23,24,26)(H,31,32,33)/t11-,13-,16+,19+/m1/s1. The van der Waals surface area contributed by atoms with Gasteiger partial charge in [0.25, 0.3) is 0 Å². The maximum absolute atomic E-state index is 13.2. The van der Waals surface area contributed by atoms with Gasteiger partial charge in [0.15, 0.2) is 0 Å². The molecular formula is C21H22ClN5O6S2. The van der Waals surface area contributed by atoms with Gasteiger partial charge >= 0.3 is 10.3 Å². The summed E-state index contributed by atoms with van der Waals surface area (Å²) in [4.78, 5) is 25.8. The number of ketones is 1. The summed E-state index contributed by atoms with van der Waals surface area (Å²) < 4.78 is 32.7. The fourth-order valence-corrected chi connectivity index (χ4v) is 5.43. The molecule has 5 N–H and O–H groups in total. The van der Waals surface area contributed by atoms with Gasteiger partial charge in [0.2, 0.25) is 5.78 Å². The number of halogens is 1. The van der Waals surface area contributed by atoms with Crippen molar-refractivity contribution in [3.8, 4) is 0 Å². The van der Waals surface area contributed by atoms with Gasteiger partial charge in [-0.25, -0.2) is 15.0 Å². The van der Waals surface area contributed by atoms with Gasteiger partial charge in [-0.1, -0.05) is 17.7 Å². The summed E-state index contributed by atoms with van der Waals surface area (Å²) in [5.74, 6) is -0.492. The van der Waals surface area contributed by atoms with Gasteiger partial charge in [-0.2, -0.15) is 13.1 Å². The topological polar surface area (TPSA) is 175 Å². The molecule has 0 aliphatic heterocycles. The van der Waals surface area contributed by atoms with E-state index in [1.54, 1.807) is 29.6 Å². The van der Waals surface area contributed by atoms with E-state index in [1.165, 1.54) is 12.5 Å². The van der Waals surface area contributed by atoms with E-state index in [9.17, 15) is 23.4 Å². The zero-order valence-corrected chi connectivity index (χ0v) is 20.5. The number of nitrogens with zero attached hydrogens (tertiary/aromatic N) is 3. The Morgan fingerprint density at radius 2 is 2.11 bits per heavy atom. The monoisotopic (exact) mass is 539 g/mol. The molecule has 0 amide bonds. The predicted octanol–water partition coefficient (Wildman–Crippen LogP) is 1.84. The van der Waals surface area contributed by atoms with Gasteiger partial charge in [0.05, 0.1) is 22.2 Å². The van der Waals surface area contributed by atoms with Crippen LogP contribution in [-0.2, 0) is 10.3 Å². The van der Waals surface area contributed by atoms with E-state index in [0.29, 0.717) is 29.0 Å². The average Bonchev–Trinajstić information content (AvgIpc) is 3.43. The van der Waals surface area contributed by atoms with Crippen LogP contribution in [0, 0.1) is 5.92 Å². The lowest BCUT2D eigenvalue weighted by Gasteiger charge is -2.15. The van der Waals surface area contributed by atoms with Crippen LogP contribution < -0.4 is 10.0 Å². The molecular weight excluding hydrogens is 518 g/mol. The molecule has 0 spiro atoms. The Labute approximate surface area is 210 Å². The van der Waals surface area contributed by atoms with Crippen molar-refractivity contribution in [1.82, 2.24) is 19.7 Å².